The van der Waals surface area contributed by atoms with Crippen LogP contribution in [0.2, 0.25) is 0 Å². The molecule has 0 aromatic carbocycles. The van der Waals surface area contributed by atoms with E-state index in [0.717, 1.165) is 19.0 Å². The van der Waals surface area contributed by atoms with Gasteiger partial charge in [-0.15, -0.1) is 0 Å². The Kier molecular flexibility index (Phi) is 2.26. The van der Waals surface area contributed by atoms with Crippen LogP contribution in [0.25, 0.3) is 0 Å². The fourth-order valence-corrected chi connectivity index (χ4v) is 2.10. The Bertz CT molecular complexity index is 215. The van der Waals surface area contributed by atoms with E-state index < -0.39 is 0 Å². The predicted molar refractivity (Wildman–Crippen MR) is 50.1 cm³/mol. The summed E-state index contributed by atoms with van der Waals surface area (Å²) in [5.41, 5.74) is 5.24. The summed E-state index contributed by atoms with van der Waals surface area (Å²) in [7, 11) is 2.08. The van der Waals surface area contributed by atoms with Crippen LogP contribution in [-0.2, 0) is 4.79 Å². The van der Waals surface area contributed by atoms with Gasteiger partial charge in [0.05, 0.1) is 6.04 Å². The molecular formula is C9H17N3O. The molecule has 1 saturated carbocycles. The van der Waals surface area contributed by atoms with Gasteiger partial charge in [-0.1, -0.05) is 0 Å². The number of rotatable bonds is 2. The number of piperazine rings is 1. The van der Waals surface area contributed by atoms with Gasteiger partial charge >= 0.3 is 0 Å². The highest BCUT2D eigenvalue weighted by Gasteiger charge is 2.38. The van der Waals surface area contributed by atoms with Crippen LogP contribution in [0.1, 0.15) is 12.8 Å². The number of nitrogens with zero attached hydrogens (tertiary/aromatic N) is 1. The molecule has 13 heavy (non-hydrogen) atoms. The van der Waals surface area contributed by atoms with Gasteiger partial charge in [-0.05, 0) is 25.8 Å². The van der Waals surface area contributed by atoms with Crippen LogP contribution in [0.5, 0.6) is 0 Å². The van der Waals surface area contributed by atoms with Crippen LogP contribution in [0.3, 0.4) is 0 Å². The molecule has 0 radical (unpaired) electrons. The van der Waals surface area contributed by atoms with Crippen molar-refractivity contribution in [1.82, 2.24) is 10.2 Å². The second-order valence-electron chi connectivity index (χ2n) is 4.21. The maximum atomic E-state index is 10.9. The zero-order valence-corrected chi connectivity index (χ0v) is 7.99. The van der Waals surface area contributed by atoms with Crippen LogP contribution in [0.15, 0.2) is 0 Å². The second kappa shape index (κ2) is 3.27. The van der Waals surface area contributed by atoms with E-state index in [1.807, 2.05) is 0 Å². The summed E-state index contributed by atoms with van der Waals surface area (Å²) in [4.78, 5) is 13.2. The van der Waals surface area contributed by atoms with Crippen molar-refractivity contribution < 1.29 is 4.79 Å². The monoisotopic (exact) mass is 183 g/mol. The lowest BCUT2D eigenvalue weighted by Gasteiger charge is -2.37. The van der Waals surface area contributed by atoms with Crippen molar-refractivity contribution in [2.24, 2.45) is 11.7 Å². The molecule has 0 bridgehead atoms. The third-order valence-electron chi connectivity index (χ3n) is 3.12. The minimum Gasteiger partial charge on any atom is -0.368 e. The molecule has 1 saturated heterocycles. The van der Waals surface area contributed by atoms with Crippen molar-refractivity contribution in [2.45, 2.75) is 24.9 Å². The second-order valence-corrected chi connectivity index (χ2v) is 4.21. The highest BCUT2D eigenvalue weighted by atomic mass is 16.1. The van der Waals surface area contributed by atoms with E-state index in [1.165, 1.54) is 12.8 Å². The summed E-state index contributed by atoms with van der Waals surface area (Å²) in [5, 5.41) is 3.20. The molecule has 4 nitrogen and oxygen atoms in total. The predicted octanol–water partition coefficient (Wildman–Crippen LogP) is -0.846. The van der Waals surface area contributed by atoms with E-state index in [-0.39, 0.29) is 11.9 Å². The van der Waals surface area contributed by atoms with E-state index in [9.17, 15) is 4.79 Å². The number of nitrogens with two attached hydrogens (primary N) is 1. The van der Waals surface area contributed by atoms with Crippen molar-refractivity contribution in [3.8, 4) is 0 Å². The molecule has 2 rings (SSSR count). The molecule has 0 spiro atoms. The molecule has 1 heterocycles. The molecule has 1 amide bonds. The van der Waals surface area contributed by atoms with Gasteiger partial charge in [-0.2, -0.15) is 0 Å². The number of primary amides is 1. The lowest BCUT2D eigenvalue weighted by atomic mass is 10.1. The summed E-state index contributed by atoms with van der Waals surface area (Å²) < 4.78 is 0. The Labute approximate surface area is 78.5 Å². The fourth-order valence-electron chi connectivity index (χ4n) is 2.10. The molecule has 0 aromatic rings. The van der Waals surface area contributed by atoms with Crippen LogP contribution < -0.4 is 11.1 Å². The first kappa shape index (κ1) is 8.97. The Morgan fingerprint density at radius 3 is 2.69 bits per heavy atom. The molecule has 74 valence electrons. The van der Waals surface area contributed by atoms with Crippen LogP contribution in [0, 0.1) is 5.92 Å². The van der Waals surface area contributed by atoms with Gasteiger partial charge in [0.1, 0.15) is 0 Å². The van der Waals surface area contributed by atoms with Crippen LogP contribution in [0.4, 0.5) is 0 Å². The Balaban J connectivity index is 1.91. The Hall–Kier alpha value is -0.610. The Morgan fingerprint density at radius 1 is 1.54 bits per heavy atom. The van der Waals surface area contributed by atoms with Gasteiger partial charge in [0.2, 0.25) is 5.91 Å². The van der Waals surface area contributed by atoms with Gasteiger partial charge in [-0.3, -0.25) is 9.69 Å². The first-order valence-electron chi connectivity index (χ1n) is 4.91. The summed E-state index contributed by atoms with van der Waals surface area (Å²) >= 11 is 0. The normalized spacial score (nSPS) is 36.1. The first-order chi connectivity index (χ1) is 6.18. The quantitative estimate of drug-likeness (QED) is 0.586. The van der Waals surface area contributed by atoms with Gasteiger partial charge < -0.3 is 11.1 Å². The number of carbonyl (C=O) groups is 1. The van der Waals surface area contributed by atoms with Crippen molar-refractivity contribution in [3.63, 3.8) is 0 Å². The summed E-state index contributed by atoms with van der Waals surface area (Å²) in [5.74, 6) is 0.618. The largest absolute Gasteiger partial charge is 0.368 e. The molecule has 0 aromatic heterocycles. The molecule has 4 heteroatoms. The number of likely N-dealkylation sites (N-methyl/N-ethyl adjacent to an activating group) is 1. The Morgan fingerprint density at radius 2 is 2.23 bits per heavy atom. The number of amides is 1. The molecule has 1 aliphatic heterocycles. The zero-order valence-electron chi connectivity index (χ0n) is 7.99. The van der Waals surface area contributed by atoms with Gasteiger partial charge in [0.15, 0.2) is 0 Å². The van der Waals surface area contributed by atoms with Gasteiger partial charge in [-0.25, -0.2) is 0 Å². The standard InChI is InChI=1S/C9H17N3O/c1-12-5-7(9(10)13)11-4-8(12)6-2-3-6/h6-8,11H,2-5H2,1H3,(H2,10,13). The van der Waals surface area contributed by atoms with Crippen molar-refractivity contribution in [3.05, 3.63) is 0 Å². The van der Waals surface area contributed by atoms with E-state index in [4.69, 9.17) is 5.73 Å². The van der Waals surface area contributed by atoms with Crippen LogP contribution >= 0.6 is 0 Å². The molecule has 2 fully saturated rings. The molecule has 2 atom stereocenters. The summed E-state index contributed by atoms with van der Waals surface area (Å²) in [6, 6.07) is 0.468. The number of hydrogen-bond acceptors (Lipinski definition) is 3. The average Bonchev–Trinajstić information content (AvgIpc) is 2.87. The number of nitrogens with one attached hydrogen (secondary N) is 1. The van der Waals surface area contributed by atoms with Crippen molar-refractivity contribution >= 4 is 5.91 Å². The highest BCUT2D eigenvalue weighted by molar-refractivity contribution is 5.80. The summed E-state index contributed by atoms with van der Waals surface area (Å²) in [6.45, 7) is 1.67. The molecule has 1 aliphatic carbocycles. The molecular weight excluding hydrogens is 166 g/mol. The summed E-state index contributed by atoms with van der Waals surface area (Å²) in [6.07, 6.45) is 2.69. The zero-order chi connectivity index (χ0) is 9.42. The molecule has 2 unspecified atom stereocenters. The lowest BCUT2D eigenvalue weighted by Crippen LogP contribution is -2.59. The van der Waals surface area contributed by atoms with E-state index in [1.54, 1.807) is 0 Å². The minimum atomic E-state index is -0.235. The fraction of sp³-hybridized carbons (Fsp3) is 0.889. The minimum absolute atomic E-state index is 0.153. The molecule has 3 N–H and O–H groups in total. The maximum Gasteiger partial charge on any atom is 0.235 e. The maximum absolute atomic E-state index is 10.9. The van der Waals surface area contributed by atoms with Crippen molar-refractivity contribution in [1.29, 1.82) is 0 Å². The number of hydrogen-bond donors (Lipinski definition) is 2. The highest BCUT2D eigenvalue weighted by Crippen LogP contribution is 2.35. The smallest absolute Gasteiger partial charge is 0.235 e. The molecule has 2 aliphatic rings. The third-order valence-corrected chi connectivity index (χ3v) is 3.12. The van der Waals surface area contributed by atoms with Crippen LogP contribution in [-0.4, -0.2) is 43.0 Å². The number of carbonyl (C=O) groups excluding carboxylic acids is 1. The van der Waals surface area contributed by atoms with Crippen molar-refractivity contribution in [2.75, 3.05) is 20.1 Å². The van der Waals surface area contributed by atoms with E-state index in [0.29, 0.717) is 6.04 Å². The lowest BCUT2D eigenvalue weighted by molar-refractivity contribution is -0.121. The van der Waals surface area contributed by atoms with E-state index in [2.05, 4.69) is 17.3 Å². The first-order valence-corrected chi connectivity index (χ1v) is 4.91. The van der Waals surface area contributed by atoms with E-state index >= 15 is 0 Å². The third kappa shape index (κ3) is 1.84. The topological polar surface area (TPSA) is 58.4 Å². The SMILES string of the molecule is CN1CC(C(N)=O)NCC1C1CC1. The average molecular weight is 183 g/mol. The van der Waals surface area contributed by atoms with Gasteiger partial charge in [0.25, 0.3) is 0 Å². The van der Waals surface area contributed by atoms with Gasteiger partial charge in [0, 0.05) is 19.1 Å².